The molecular formula is C21H14N6O3S. The van der Waals surface area contributed by atoms with Crippen molar-refractivity contribution in [3.05, 3.63) is 87.0 Å². The van der Waals surface area contributed by atoms with Crippen LogP contribution in [0.25, 0.3) is 16.2 Å². The number of nitro benzene ring substituents is 1. The lowest BCUT2D eigenvalue weighted by Gasteiger charge is -2.00. The molecule has 0 bridgehead atoms. The number of nitrogens with one attached hydrogen (secondary N) is 1. The molecule has 31 heavy (non-hydrogen) atoms. The number of nitrogens with zero attached hydrogens (tertiary/aromatic N) is 5. The molecular weight excluding hydrogens is 416 g/mol. The number of carbonyl (C=O) groups is 1. The lowest BCUT2D eigenvalue weighted by molar-refractivity contribution is -0.384. The van der Waals surface area contributed by atoms with Crippen LogP contribution in [0.15, 0.2) is 65.2 Å². The zero-order chi connectivity index (χ0) is 21.8. The average molecular weight is 430 g/mol. The van der Waals surface area contributed by atoms with E-state index in [0.29, 0.717) is 11.1 Å². The minimum Gasteiger partial charge on any atom is -0.294 e. The molecule has 0 aliphatic rings. The van der Waals surface area contributed by atoms with Crippen molar-refractivity contribution in [2.24, 2.45) is 5.10 Å². The average Bonchev–Trinajstić information content (AvgIpc) is 3.36. The first-order chi connectivity index (χ1) is 15.0. The van der Waals surface area contributed by atoms with Crippen molar-refractivity contribution in [2.45, 2.75) is 6.42 Å². The number of thiazole rings is 1. The van der Waals surface area contributed by atoms with Crippen LogP contribution < -0.4 is 5.43 Å². The van der Waals surface area contributed by atoms with E-state index in [0.717, 1.165) is 21.9 Å². The summed E-state index contributed by atoms with van der Waals surface area (Å²) in [4.78, 5) is 27.8. The van der Waals surface area contributed by atoms with Gasteiger partial charge in [0.15, 0.2) is 4.96 Å². The molecule has 0 spiro atoms. The lowest BCUT2D eigenvalue weighted by atomic mass is 10.1. The molecule has 152 valence electrons. The molecule has 0 aliphatic carbocycles. The third-order valence-corrected chi connectivity index (χ3v) is 5.33. The summed E-state index contributed by atoms with van der Waals surface area (Å²) in [6.45, 7) is 0. The largest absolute Gasteiger partial charge is 0.294 e. The molecule has 0 unspecified atom stereocenters. The van der Waals surface area contributed by atoms with E-state index in [4.69, 9.17) is 5.26 Å². The summed E-state index contributed by atoms with van der Waals surface area (Å²) in [6.07, 6.45) is 3.39. The van der Waals surface area contributed by atoms with Crippen molar-refractivity contribution in [2.75, 3.05) is 0 Å². The quantitative estimate of drug-likeness (QED) is 0.284. The molecule has 1 N–H and O–H groups in total. The number of benzene rings is 2. The molecule has 4 rings (SSSR count). The van der Waals surface area contributed by atoms with Gasteiger partial charge >= 0.3 is 0 Å². The highest BCUT2D eigenvalue weighted by Gasteiger charge is 2.12. The number of aromatic nitrogens is 2. The first-order valence-corrected chi connectivity index (χ1v) is 9.94. The van der Waals surface area contributed by atoms with Crippen molar-refractivity contribution < 1.29 is 9.72 Å². The number of rotatable bonds is 6. The third-order valence-electron chi connectivity index (χ3n) is 4.44. The van der Waals surface area contributed by atoms with E-state index >= 15 is 0 Å². The van der Waals surface area contributed by atoms with Crippen molar-refractivity contribution in [3.8, 4) is 17.3 Å². The predicted octanol–water partition coefficient (Wildman–Crippen LogP) is 3.54. The number of amides is 1. The zero-order valence-electron chi connectivity index (χ0n) is 15.9. The van der Waals surface area contributed by atoms with E-state index in [2.05, 4.69) is 21.6 Å². The molecule has 1 amide bonds. The zero-order valence-corrected chi connectivity index (χ0v) is 16.7. The van der Waals surface area contributed by atoms with E-state index in [1.807, 2.05) is 28.1 Å². The Labute approximate surface area is 180 Å². The monoisotopic (exact) mass is 430 g/mol. The summed E-state index contributed by atoms with van der Waals surface area (Å²) in [5.41, 5.74) is 6.08. The fourth-order valence-corrected chi connectivity index (χ4v) is 3.75. The molecule has 0 saturated carbocycles. The highest BCUT2D eigenvalue weighted by atomic mass is 32.1. The van der Waals surface area contributed by atoms with Crippen molar-refractivity contribution in [1.82, 2.24) is 14.8 Å². The number of fused-ring (bicyclic) bond motifs is 1. The molecule has 0 radical (unpaired) electrons. The van der Waals surface area contributed by atoms with Crippen molar-refractivity contribution in [3.63, 3.8) is 0 Å². The second-order valence-corrected chi connectivity index (χ2v) is 7.35. The Hall–Kier alpha value is -4.36. The van der Waals surface area contributed by atoms with Gasteiger partial charge in [0.25, 0.3) is 5.69 Å². The molecule has 0 fully saturated rings. The number of non-ortho nitro benzene ring substituents is 1. The number of hydrogen-bond donors (Lipinski definition) is 1. The van der Waals surface area contributed by atoms with Crippen LogP contribution in [0, 0.1) is 21.4 Å². The second-order valence-electron chi connectivity index (χ2n) is 6.51. The van der Waals surface area contributed by atoms with Gasteiger partial charge < -0.3 is 0 Å². The first kappa shape index (κ1) is 19.9. The molecule has 0 aliphatic heterocycles. The van der Waals surface area contributed by atoms with E-state index in [1.54, 1.807) is 24.3 Å². The van der Waals surface area contributed by atoms with Crippen LogP contribution in [-0.4, -0.2) is 26.4 Å². The summed E-state index contributed by atoms with van der Waals surface area (Å²) in [5.74, 6) is -0.300. The van der Waals surface area contributed by atoms with Gasteiger partial charge in [-0.2, -0.15) is 10.4 Å². The maximum Gasteiger partial charge on any atom is 0.269 e. The summed E-state index contributed by atoms with van der Waals surface area (Å²) in [6, 6.07) is 15.1. The van der Waals surface area contributed by atoms with Crippen LogP contribution in [0.5, 0.6) is 0 Å². The fourth-order valence-electron chi connectivity index (χ4n) is 2.88. The Morgan fingerprint density at radius 2 is 2.00 bits per heavy atom. The summed E-state index contributed by atoms with van der Waals surface area (Å²) in [5, 5.41) is 25.4. The van der Waals surface area contributed by atoms with Gasteiger partial charge in [0.2, 0.25) is 5.91 Å². The molecule has 2 heterocycles. The highest BCUT2D eigenvalue weighted by Crippen LogP contribution is 2.24. The molecule has 0 atom stereocenters. The standard InChI is InChI=1S/C21H14N6O3S/c22-10-14-1-5-16(6-2-14)19-12-26-18(13-31-21(26)24-19)9-20(28)25-23-11-15-3-7-17(8-4-15)27(29)30/h1-8,11-13H,9H2,(H,25,28)/b23-11+. The van der Waals surface area contributed by atoms with E-state index < -0.39 is 4.92 Å². The number of carbonyl (C=O) groups excluding carboxylic acids is 1. The Kier molecular flexibility index (Phi) is 5.51. The molecule has 4 aromatic rings. The van der Waals surface area contributed by atoms with Gasteiger partial charge in [-0.25, -0.2) is 10.4 Å². The molecule has 0 saturated heterocycles. The van der Waals surface area contributed by atoms with Crippen molar-refractivity contribution >= 4 is 34.1 Å². The Balaban J connectivity index is 1.42. The van der Waals surface area contributed by atoms with E-state index in [1.165, 1.54) is 29.7 Å². The maximum absolute atomic E-state index is 12.3. The summed E-state index contributed by atoms with van der Waals surface area (Å²) >= 11 is 1.43. The number of imidazole rings is 1. The lowest BCUT2D eigenvalue weighted by Crippen LogP contribution is -2.20. The predicted molar refractivity (Wildman–Crippen MR) is 116 cm³/mol. The fraction of sp³-hybridized carbons (Fsp3) is 0.0476. The van der Waals surface area contributed by atoms with Gasteiger partial charge in [0.1, 0.15) is 0 Å². The minimum absolute atomic E-state index is 0.0108. The maximum atomic E-state index is 12.3. The Morgan fingerprint density at radius 1 is 1.26 bits per heavy atom. The Bertz CT molecular complexity index is 1330. The molecule has 9 nitrogen and oxygen atoms in total. The van der Waals surface area contributed by atoms with Crippen LogP contribution in [0.3, 0.4) is 0 Å². The minimum atomic E-state index is -0.479. The number of hydrogen-bond acceptors (Lipinski definition) is 7. The summed E-state index contributed by atoms with van der Waals surface area (Å²) in [7, 11) is 0. The van der Waals surface area contributed by atoms with Gasteiger partial charge in [-0.05, 0) is 29.8 Å². The molecule has 2 aromatic heterocycles. The van der Waals surface area contributed by atoms with Crippen LogP contribution in [0.4, 0.5) is 5.69 Å². The van der Waals surface area contributed by atoms with Crippen LogP contribution in [0.1, 0.15) is 16.8 Å². The van der Waals surface area contributed by atoms with Crippen LogP contribution in [-0.2, 0) is 11.2 Å². The number of nitriles is 1. The smallest absolute Gasteiger partial charge is 0.269 e. The van der Waals surface area contributed by atoms with Gasteiger partial charge in [0.05, 0.1) is 34.9 Å². The third kappa shape index (κ3) is 4.47. The van der Waals surface area contributed by atoms with Gasteiger partial charge in [-0.3, -0.25) is 19.3 Å². The van der Waals surface area contributed by atoms with Crippen LogP contribution in [0.2, 0.25) is 0 Å². The van der Waals surface area contributed by atoms with E-state index in [-0.39, 0.29) is 18.0 Å². The first-order valence-electron chi connectivity index (χ1n) is 9.06. The highest BCUT2D eigenvalue weighted by molar-refractivity contribution is 7.15. The van der Waals surface area contributed by atoms with E-state index in [9.17, 15) is 14.9 Å². The van der Waals surface area contributed by atoms with Crippen LogP contribution >= 0.6 is 11.3 Å². The second kappa shape index (κ2) is 8.56. The number of nitro groups is 1. The van der Waals surface area contributed by atoms with Gasteiger partial charge in [-0.15, -0.1) is 11.3 Å². The van der Waals surface area contributed by atoms with Gasteiger partial charge in [0, 0.05) is 35.0 Å². The van der Waals surface area contributed by atoms with Crippen molar-refractivity contribution in [1.29, 1.82) is 5.26 Å². The normalized spacial score (nSPS) is 10.9. The number of hydrazone groups is 1. The molecule has 2 aromatic carbocycles. The SMILES string of the molecule is N#Cc1ccc(-c2cn3c(CC(=O)N/N=C/c4ccc([N+](=O)[O-])cc4)csc3n2)cc1. The summed E-state index contributed by atoms with van der Waals surface area (Å²) < 4.78 is 1.86. The topological polar surface area (TPSA) is 126 Å². The Morgan fingerprint density at radius 3 is 2.68 bits per heavy atom. The van der Waals surface area contributed by atoms with Gasteiger partial charge in [-0.1, -0.05) is 12.1 Å². The molecule has 10 heteroatoms.